The normalized spacial score (nSPS) is 23.1. The van der Waals surface area contributed by atoms with Crippen LogP contribution >= 0.6 is 11.3 Å². The number of esters is 1. The predicted molar refractivity (Wildman–Crippen MR) is 118 cm³/mol. The second kappa shape index (κ2) is 9.94. The molecule has 0 spiro atoms. The lowest BCUT2D eigenvalue weighted by Gasteiger charge is -2.33. The minimum Gasteiger partial charge on any atom is -0.497 e. The van der Waals surface area contributed by atoms with Crippen molar-refractivity contribution in [3.63, 3.8) is 0 Å². The lowest BCUT2D eigenvalue weighted by atomic mass is 9.80. The summed E-state index contributed by atoms with van der Waals surface area (Å²) in [7, 11) is 1.64. The molecule has 5 nitrogen and oxygen atoms in total. The fraction of sp³-hybridized carbons (Fsp3) is 0.542. The van der Waals surface area contributed by atoms with E-state index in [-0.39, 0.29) is 37.1 Å². The van der Waals surface area contributed by atoms with Crippen molar-refractivity contribution in [2.24, 2.45) is 11.8 Å². The zero-order valence-corrected chi connectivity index (χ0v) is 18.4. The molecule has 1 N–H and O–H groups in total. The Hall–Kier alpha value is -1.89. The molecule has 2 fully saturated rings. The number of likely N-dealkylation sites (tertiary alicyclic amines) is 1. The third-order valence-corrected chi connectivity index (χ3v) is 7.41. The molecule has 1 aromatic heterocycles. The van der Waals surface area contributed by atoms with Gasteiger partial charge in [0.25, 0.3) is 0 Å². The fourth-order valence-corrected chi connectivity index (χ4v) is 5.34. The number of nitrogens with zero attached hydrogens (tertiary/aromatic N) is 1. The van der Waals surface area contributed by atoms with E-state index in [1.807, 2.05) is 24.3 Å². The van der Waals surface area contributed by atoms with Gasteiger partial charge in [0.1, 0.15) is 18.4 Å². The van der Waals surface area contributed by atoms with Gasteiger partial charge in [-0.25, -0.2) is 0 Å². The Morgan fingerprint density at radius 2 is 2.03 bits per heavy atom. The van der Waals surface area contributed by atoms with Crippen LogP contribution in [0.1, 0.15) is 42.7 Å². The van der Waals surface area contributed by atoms with Gasteiger partial charge < -0.3 is 14.6 Å². The highest BCUT2D eigenvalue weighted by atomic mass is 32.1. The van der Waals surface area contributed by atoms with E-state index in [0.29, 0.717) is 5.92 Å². The van der Waals surface area contributed by atoms with Crippen LogP contribution in [0.5, 0.6) is 5.75 Å². The Morgan fingerprint density at radius 1 is 1.23 bits per heavy atom. The molecule has 2 aromatic rings. The van der Waals surface area contributed by atoms with Crippen LogP contribution in [0, 0.1) is 11.8 Å². The average Bonchev–Trinajstić information content (AvgIpc) is 3.41. The van der Waals surface area contributed by atoms with Crippen molar-refractivity contribution >= 4 is 17.3 Å². The van der Waals surface area contributed by atoms with E-state index >= 15 is 0 Å². The lowest BCUT2D eigenvalue weighted by Crippen LogP contribution is -2.43. The number of rotatable bonds is 9. The predicted octanol–water partition coefficient (Wildman–Crippen LogP) is 4.07. The van der Waals surface area contributed by atoms with Crippen LogP contribution in [0.15, 0.2) is 41.1 Å². The van der Waals surface area contributed by atoms with Crippen LogP contribution < -0.4 is 4.74 Å². The minimum absolute atomic E-state index is 0.139. The number of aliphatic hydroxyl groups is 1. The number of carbonyl (C=O) groups is 1. The smallest absolute Gasteiger partial charge is 0.323 e. The summed E-state index contributed by atoms with van der Waals surface area (Å²) in [6.07, 6.45) is 4.52. The number of benzene rings is 1. The van der Waals surface area contributed by atoms with Crippen LogP contribution in [0.4, 0.5) is 0 Å². The highest BCUT2D eigenvalue weighted by Gasteiger charge is 2.41. The molecule has 1 saturated carbocycles. The summed E-state index contributed by atoms with van der Waals surface area (Å²) in [5.41, 5.74) is 2.23. The largest absolute Gasteiger partial charge is 0.497 e. The first-order chi connectivity index (χ1) is 14.7. The molecule has 1 aliphatic heterocycles. The third-order valence-electron chi connectivity index (χ3n) is 6.71. The number of carbonyl (C=O) groups excluding carboxylic acids is 1. The number of thiophene rings is 1. The summed E-state index contributed by atoms with van der Waals surface area (Å²) in [5, 5.41) is 14.2. The second-order valence-electron chi connectivity index (χ2n) is 8.56. The molecule has 30 heavy (non-hydrogen) atoms. The van der Waals surface area contributed by atoms with Crippen molar-refractivity contribution < 1.29 is 19.4 Å². The van der Waals surface area contributed by atoms with Crippen molar-refractivity contribution in [2.45, 2.75) is 44.2 Å². The molecular weight excluding hydrogens is 398 g/mol. The highest BCUT2D eigenvalue weighted by Crippen LogP contribution is 2.38. The van der Waals surface area contributed by atoms with E-state index in [1.165, 1.54) is 24.8 Å². The van der Waals surface area contributed by atoms with Gasteiger partial charge in [0.2, 0.25) is 0 Å². The summed E-state index contributed by atoms with van der Waals surface area (Å²) in [6, 6.07) is 9.53. The van der Waals surface area contributed by atoms with Crippen LogP contribution in [-0.2, 0) is 16.1 Å². The Balaban J connectivity index is 1.43. The van der Waals surface area contributed by atoms with Crippen LogP contribution in [0.2, 0.25) is 0 Å². The highest BCUT2D eigenvalue weighted by molar-refractivity contribution is 7.08. The SMILES string of the molecule is COc1ccc(COC(=O)[C@@H](CC2CCC2)N2C[C@H](CO)[C@@H](c3ccsc3)C2)cc1. The molecule has 0 bridgehead atoms. The van der Waals surface area contributed by atoms with Crippen molar-refractivity contribution in [3.8, 4) is 5.75 Å². The van der Waals surface area contributed by atoms with Gasteiger partial charge in [-0.3, -0.25) is 9.69 Å². The molecule has 0 amide bonds. The molecule has 2 heterocycles. The molecule has 1 aliphatic carbocycles. The first kappa shape index (κ1) is 21.3. The minimum atomic E-state index is -0.230. The van der Waals surface area contributed by atoms with Crippen molar-refractivity contribution in [1.82, 2.24) is 4.90 Å². The van der Waals surface area contributed by atoms with E-state index in [1.54, 1.807) is 18.4 Å². The molecule has 2 aliphatic rings. The van der Waals surface area contributed by atoms with Gasteiger partial charge in [0, 0.05) is 31.5 Å². The molecular formula is C24H31NO4S. The first-order valence-electron chi connectivity index (χ1n) is 10.8. The van der Waals surface area contributed by atoms with Crippen molar-refractivity contribution in [2.75, 3.05) is 26.8 Å². The molecule has 3 atom stereocenters. The maximum atomic E-state index is 13.1. The topological polar surface area (TPSA) is 59.0 Å². The Bertz CT molecular complexity index is 803. The Morgan fingerprint density at radius 3 is 2.63 bits per heavy atom. The van der Waals surface area contributed by atoms with E-state index in [0.717, 1.165) is 30.8 Å². The monoisotopic (exact) mass is 429 g/mol. The molecule has 0 unspecified atom stereocenters. The van der Waals surface area contributed by atoms with E-state index < -0.39 is 0 Å². The van der Waals surface area contributed by atoms with E-state index in [2.05, 4.69) is 21.7 Å². The number of hydrogen-bond acceptors (Lipinski definition) is 6. The zero-order valence-electron chi connectivity index (χ0n) is 17.5. The molecule has 4 rings (SSSR count). The van der Waals surface area contributed by atoms with Crippen LogP contribution in [0.25, 0.3) is 0 Å². The van der Waals surface area contributed by atoms with E-state index in [4.69, 9.17) is 9.47 Å². The Kier molecular flexibility index (Phi) is 7.08. The maximum absolute atomic E-state index is 13.1. The first-order valence-corrected chi connectivity index (χ1v) is 11.8. The standard InChI is InChI=1S/C24H31NO4S/c1-28-21-7-5-18(6-8-21)15-29-24(27)23(11-17-3-2-4-17)25-12-20(14-26)22(13-25)19-9-10-30-16-19/h5-10,16-17,20,22-23,26H,2-4,11-15H2,1H3/t20-,22-,23-/m1/s1. The lowest BCUT2D eigenvalue weighted by molar-refractivity contribution is -0.152. The van der Waals surface area contributed by atoms with Gasteiger partial charge in [-0.2, -0.15) is 11.3 Å². The van der Waals surface area contributed by atoms with Gasteiger partial charge >= 0.3 is 5.97 Å². The summed E-state index contributed by atoms with van der Waals surface area (Å²) in [5.74, 6) is 1.70. The van der Waals surface area contributed by atoms with Crippen molar-refractivity contribution in [1.29, 1.82) is 0 Å². The maximum Gasteiger partial charge on any atom is 0.323 e. The molecule has 162 valence electrons. The quantitative estimate of drug-likeness (QED) is 0.609. The van der Waals surface area contributed by atoms with Gasteiger partial charge in [-0.1, -0.05) is 31.4 Å². The van der Waals surface area contributed by atoms with Gasteiger partial charge in [0.05, 0.1) is 7.11 Å². The van der Waals surface area contributed by atoms with Crippen LogP contribution in [0.3, 0.4) is 0 Å². The van der Waals surface area contributed by atoms with Gasteiger partial charge in [-0.05, 0) is 52.4 Å². The fourth-order valence-electron chi connectivity index (χ4n) is 4.62. The zero-order chi connectivity index (χ0) is 20.9. The third kappa shape index (κ3) is 4.88. The number of ether oxygens (including phenoxy) is 2. The summed E-state index contributed by atoms with van der Waals surface area (Å²) >= 11 is 1.69. The molecule has 1 saturated heterocycles. The van der Waals surface area contributed by atoms with Crippen LogP contribution in [-0.4, -0.2) is 48.8 Å². The van der Waals surface area contributed by atoms with Crippen molar-refractivity contribution in [3.05, 3.63) is 52.2 Å². The molecule has 0 radical (unpaired) electrons. The van der Waals surface area contributed by atoms with Gasteiger partial charge in [-0.15, -0.1) is 0 Å². The average molecular weight is 430 g/mol. The van der Waals surface area contributed by atoms with Gasteiger partial charge in [0.15, 0.2) is 0 Å². The summed E-state index contributed by atoms with van der Waals surface area (Å²) in [6.45, 7) is 1.96. The second-order valence-corrected chi connectivity index (χ2v) is 9.34. The molecule has 6 heteroatoms. The molecule has 1 aromatic carbocycles. The summed E-state index contributed by atoms with van der Waals surface area (Å²) < 4.78 is 10.9. The van der Waals surface area contributed by atoms with E-state index in [9.17, 15) is 9.90 Å². The Labute approximate surface area is 182 Å². The number of hydrogen-bond donors (Lipinski definition) is 1. The summed E-state index contributed by atoms with van der Waals surface area (Å²) in [4.78, 5) is 15.4. The number of methoxy groups -OCH3 is 1. The number of aliphatic hydroxyl groups excluding tert-OH is 1.